The van der Waals surface area contributed by atoms with Gasteiger partial charge in [-0.15, -0.1) is 0 Å². The summed E-state index contributed by atoms with van der Waals surface area (Å²) in [6.45, 7) is 3.57. The number of ether oxygens (including phenoxy) is 1. The van der Waals surface area contributed by atoms with Crippen LogP contribution in [0.25, 0.3) is 0 Å². The predicted octanol–water partition coefficient (Wildman–Crippen LogP) is 2.07. The third kappa shape index (κ3) is 3.11. The Morgan fingerprint density at radius 1 is 1.17 bits per heavy atom. The van der Waals surface area contributed by atoms with E-state index in [4.69, 9.17) is 10.5 Å². The van der Waals surface area contributed by atoms with E-state index in [1.54, 1.807) is 0 Å². The fraction of sp³-hybridized carbons (Fsp3) is 1.00. The van der Waals surface area contributed by atoms with E-state index in [0.717, 1.165) is 26.1 Å². The van der Waals surface area contributed by atoms with Crippen LogP contribution in [0, 0.1) is 0 Å². The number of nitrogens with two attached hydrogens (primary N) is 1. The van der Waals surface area contributed by atoms with Crippen molar-refractivity contribution in [2.45, 2.75) is 51.0 Å². The lowest BCUT2D eigenvalue weighted by molar-refractivity contribution is 0.0871. The lowest BCUT2D eigenvalue weighted by Gasteiger charge is -2.27. The summed E-state index contributed by atoms with van der Waals surface area (Å²) in [5, 5.41) is 0. The second-order valence-electron chi connectivity index (χ2n) is 3.91. The molecule has 0 atom stereocenters. The van der Waals surface area contributed by atoms with Crippen LogP contribution >= 0.6 is 0 Å². The van der Waals surface area contributed by atoms with Crippen molar-refractivity contribution in [3.63, 3.8) is 0 Å². The highest BCUT2D eigenvalue weighted by Gasteiger charge is 2.25. The largest absolute Gasteiger partial charge is 0.380 e. The van der Waals surface area contributed by atoms with Gasteiger partial charge >= 0.3 is 0 Å². The van der Waals surface area contributed by atoms with Gasteiger partial charge in [-0.05, 0) is 19.8 Å². The van der Waals surface area contributed by atoms with Gasteiger partial charge < -0.3 is 10.5 Å². The molecule has 1 rings (SSSR count). The third-order valence-electron chi connectivity index (χ3n) is 2.69. The highest BCUT2D eigenvalue weighted by Crippen LogP contribution is 2.24. The van der Waals surface area contributed by atoms with Gasteiger partial charge in [-0.2, -0.15) is 0 Å². The van der Waals surface area contributed by atoms with E-state index in [-0.39, 0.29) is 5.54 Å². The Morgan fingerprint density at radius 2 is 1.75 bits per heavy atom. The summed E-state index contributed by atoms with van der Waals surface area (Å²) >= 11 is 0. The quantitative estimate of drug-likeness (QED) is 0.660. The minimum atomic E-state index is -0.00743. The second-order valence-corrected chi connectivity index (χ2v) is 3.91. The zero-order chi connectivity index (χ0) is 8.86. The summed E-state index contributed by atoms with van der Waals surface area (Å²) in [5.41, 5.74) is 6.21. The number of hydrogen-bond donors (Lipinski definition) is 1. The molecule has 0 aromatic heterocycles. The van der Waals surface area contributed by atoms with Crippen LogP contribution in [0.5, 0.6) is 0 Å². The van der Waals surface area contributed by atoms with Crippen molar-refractivity contribution in [1.29, 1.82) is 0 Å². The van der Waals surface area contributed by atoms with E-state index >= 15 is 0 Å². The van der Waals surface area contributed by atoms with Crippen LogP contribution in [0.3, 0.4) is 0 Å². The third-order valence-corrected chi connectivity index (χ3v) is 2.69. The van der Waals surface area contributed by atoms with Gasteiger partial charge in [0.25, 0.3) is 0 Å². The molecular weight excluding hydrogens is 150 g/mol. The number of rotatable bonds is 3. The first-order valence-electron chi connectivity index (χ1n) is 5.13. The molecule has 2 N–H and O–H groups in total. The van der Waals surface area contributed by atoms with Gasteiger partial charge in [0.1, 0.15) is 0 Å². The van der Waals surface area contributed by atoms with E-state index in [0.29, 0.717) is 0 Å². The average molecular weight is 171 g/mol. The van der Waals surface area contributed by atoms with Crippen LogP contribution in [0.4, 0.5) is 0 Å². The maximum Gasteiger partial charge on any atom is 0.0646 e. The van der Waals surface area contributed by atoms with Gasteiger partial charge in [-0.3, -0.25) is 0 Å². The SMILES string of the molecule is CCOCC1(N)CCCCCC1. The molecule has 0 radical (unpaired) electrons. The van der Waals surface area contributed by atoms with E-state index < -0.39 is 0 Å². The van der Waals surface area contributed by atoms with Crippen molar-refractivity contribution in [2.24, 2.45) is 5.73 Å². The van der Waals surface area contributed by atoms with Crippen LogP contribution in [0.15, 0.2) is 0 Å². The Bertz CT molecular complexity index is 117. The molecule has 2 heteroatoms. The fourth-order valence-corrected chi connectivity index (χ4v) is 1.88. The van der Waals surface area contributed by atoms with Crippen LogP contribution < -0.4 is 5.73 Å². The molecule has 0 saturated heterocycles. The van der Waals surface area contributed by atoms with E-state index in [1.807, 2.05) is 6.92 Å². The minimum absolute atomic E-state index is 0.00743. The van der Waals surface area contributed by atoms with Crippen LogP contribution in [-0.4, -0.2) is 18.8 Å². The summed E-state index contributed by atoms with van der Waals surface area (Å²) in [4.78, 5) is 0. The van der Waals surface area contributed by atoms with Crippen molar-refractivity contribution in [3.8, 4) is 0 Å². The van der Waals surface area contributed by atoms with Crippen molar-refractivity contribution in [3.05, 3.63) is 0 Å². The average Bonchev–Trinajstić information content (AvgIpc) is 2.27. The van der Waals surface area contributed by atoms with Gasteiger partial charge in [-0.25, -0.2) is 0 Å². The normalized spacial score (nSPS) is 23.5. The van der Waals surface area contributed by atoms with Gasteiger partial charge in [-0.1, -0.05) is 25.7 Å². The first kappa shape index (κ1) is 10.0. The molecule has 0 spiro atoms. The van der Waals surface area contributed by atoms with Crippen LogP contribution in [0.2, 0.25) is 0 Å². The van der Waals surface area contributed by atoms with E-state index in [2.05, 4.69) is 0 Å². The fourth-order valence-electron chi connectivity index (χ4n) is 1.88. The van der Waals surface area contributed by atoms with Crippen molar-refractivity contribution < 1.29 is 4.74 Å². The second kappa shape index (κ2) is 4.83. The van der Waals surface area contributed by atoms with Crippen LogP contribution in [-0.2, 0) is 4.74 Å². The minimum Gasteiger partial charge on any atom is -0.380 e. The maximum absolute atomic E-state index is 6.22. The zero-order valence-electron chi connectivity index (χ0n) is 8.14. The number of hydrogen-bond acceptors (Lipinski definition) is 2. The molecular formula is C10H21NO. The molecule has 1 fully saturated rings. The van der Waals surface area contributed by atoms with Crippen molar-refractivity contribution in [1.82, 2.24) is 0 Å². The molecule has 1 aliphatic carbocycles. The highest BCUT2D eigenvalue weighted by atomic mass is 16.5. The van der Waals surface area contributed by atoms with Crippen molar-refractivity contribution in [2.75, 3.05) is 13.2 Å². The molecule has 2 nitrogen and oxygen atoms in total. The highest BCUT2D eigenvalue weighted by molar-refractivity contribution is 4.85. The molecule has 12 heavy (non-hydrogen) atoms. The Kier molecular flexibility index (Phi) is 4.02. The molecule has 1 aliphatic rings. The summed E-state index contributed by atoms with van der Waals surface area (Å²) in [6.07, 6.45) is 7.56. The smallest absolute Gasteiger partial charge is 0.0646 e. The Labute approximate surface area is 75.5 Å². The summed E-state index contributed by atoms with van der Waals surface area (Å²) in [5.74, 6) is 0. The van der Waals surface area contributed by atoms with Gasteiger partial charge in [0.05, 0.1) is 6.61 Å². The lowest BCUT2D eigenvalue weighted by atomic mass is 9.93. The Balaban J connectivity index is 2.32. The molecule has 0 unspecified atom stereocenters. The Morgan fingerprint density at radius 3 is 2.25 bits per heavy atom. The van der Waals surface area contributed by atoms with Gasteiger partial charge in [0.15, 0.2) is 0 Å². The molecule has 0 aromatic rings. The molecule has 0 aromatic carbocycles. The zero-order valence-corrected chi connectivity index (χ0v) is 8.14. The molecule has 0 amide bonds. The first-order valence-corrected chi connectivity index (χ1v) is 5.13. The summed E-state index contributed by atoms with van der Waals surface area (Å²) in [7, 11) is 0. The first-order chi connectivity index (χ1) is 5.77. The van der Waals surface area contributed by atoms with Gasteiger partial charge in [0.2, 0.25) is 0 Å². The maximum atomic E-state index is 6.22. The predicted molar refractivity (Wildman–Crippen MR) is 51.1 cm³/mol. The Hall–Kier alpha value is -0.0800. The topological polar surface area (TPSA) is 35.2 Å². The lowest BCUT2D eigenvalue weighted by Crippen LogP contribution is -2.43. The molecule has 0 aliphatic heterocycles. The molecule has 0 bridgehead atoms. The van der Waals surface area contributed by atoms with Crippen molar-refractivity contribution >= 4 is 0 Å². The van der Waals surface area contributed by atoms with Gasteiger partial charge in [0, 0.05) is 12.1 Å². The van der Waals surface area contributed by atoms with Crippen LogP contribution in [0.1, 0.15) is 45.4 Å². The molecule has 0 heterocycles. The standard InChI is InChI=1S/C10H21NO/c1-2-12-9-10(11)7-5-3-4-6-8-10/h2-9,11H2,1H3. The van der Waals surface area contributed by atoms with E-state index in [9.17, 15) is 0 Å². The monoisotopic (exact) mass is 171 g/mol. The summed E-state index contributed by atoms with van der Waals surface area (Å²) in [6, 6.07) is 0. The molecule has 1 saturated carbocycles. The van der Waals surface area contributed by atoms with E-state index in [1.165, 1.54) is 25.7 Å². The molecule has 72 valence electrons. The summed E-state index contributed by atoms with van der Waals surface area (Å²) < 4.78 is 5.41.